The van der Waals surface area contributed by atoms with Gasteiger partial charge in [0.15, 0.2) is 5.78 Å². The Bertz CT molecular complexity index is 620. The summed E-state index contributed by atoms with van der Waals surface area (Å²) in [6.45, 7) is 3.57. The minimum Gasteiger partial charge on any atom is -0.399 e. The second-order valence-electron chi connectivity index (χ2n) is 4.36. The lowest BCUT2D eigenvalue weighted by atomic mass is 9.97. The van der Waals surface area contributed by atoms with Crippen molar-refractivity contribution in [3.8, 4) is 0 Å². The number of carbonyl (C=O) groups excluding carboxylic acids is 1. The van der Waals surface area contributed by atoms with Gasteiger partial charge in [-0.3, -0.25) is 4.79 Å². The van der Waals surface area contributed by atoms with Gasteiger partial charge in [0.25, 0.3) is 0 Å². The molecule has 0 heterocycles. The summed E-state index contributed by atoms with van der Waals surface area (Å²) in [5.74, 6) is -0.451. The zero-order chi connectivity index (χ0) is 13.3. The third-order valence-corrected chi connectivity index (χ3v) is 2.97. The first-order valence-corrected chi connectivity index (χ1v) is 5.66. The zero-order valence-electron chi connectivity index (χ0n) is 10.3. The molecule has 0 unspecified atom stereocenters. The molecule has 2 rings (SSSR count). The van der Waals surface area contributed by atoms with Crippen LogP contribution in [0.3, 0.4) is 0 Å². The van der Waals surface area contributed by atoms with Crippen LogP contribution in [0.5, 0.6) is 0 Å². The van der Waals surface area contributed by atoms with E-state index in [-0.39, 0.29) is 11.6 Å². The van der Waals surface area contributed by atoms with Crippen LogP contribution in [-0.2, 0) is 0 Å². The Balaban J connectivity index is 2.44. The number of anilines is 1. The monoisotopic (exact) mass is 243 g/mol. The molecule has 0 bridgehead atoms. The largest absolute Gasteiger partial charge is 0.399 e. The molecule has 0 fully saturated rings. The molecule has 0 aliphatic carbocycles. The normalized spacial score (nSPS) is 10.4. The topological polar surface area (TPSA) is 43.1 Å². The van der Waals surface area contributed by atoms with Gasteiger partial charge in [-0.2, -0.15) is 0 Å². The van der Waals surface area contributed by atoms with Crippen LogP contribution < -0.4 is 5.73 Å². The molecule has 0 aliphatic rings. The van der Waals surface area contributed by atoms with Crippen molar-refractivity contribution in [2.75, 3.05) is 5.73 Å². The zero-order valence-corrected chi connectivity index (χ0v) is 10.3. The molecule has 0 aromatic heterocycles. The summed E-state index contributed by atoms with van der Waals surface area (Å²) < 4.78 is 13.0. The number of nitrogens with two attached hydrogens (primary N) is 1. The lowest BCUT2D eigenvalue weighted by Gasteiger charge is -2.07. The van der Waals surface area contributed by atoms with Gasteiger partial charge in [-0.05, 0) is 61.4 Å². The lowest BCUT2D eigenvalue weighted by molar-refractivity contribution is 0.103. The molecular formula is C15H14FNO. The molecule has 2 nitrogen and oxygen atoms in total. The van der Waals surface area contributed by atoms with Crippen LogP contribution in [0.15, 0.2) is 36.4 Å². The van der Waals surface area contributed by atoms with Gasteiger partial charge in [-0.1, -0.05) is 0 Å². The van der Waals surface area contributed by atoms with Crippen molar-refractivity contribution in [3.63, 3.8) is 0 Å². The average molecular weight is 243 g/mol. The highest BCUT2D eigenvalue weighted by Gasteiger charge is 2.12. The molecule has 0 aliphatic heterocycles. The summed E-state index contributed by atoms with van der Waals surface area (Å²) in [6, 6.07) is 9.32. The maximum absolute atomic E-state index is 13.0. The Morgan fingerprint density at radius 3 is 2.39 bits per heavy atom. The van der Waals surface area contributed by atoms with Gasteiger partial charge >= 0.3 is 0 Å². The van der Waals surface area contributed by atoms with Gasteiger partial charge < -0.3 is 5.73 Å². The molecule has 18 heavy (non-hydrogen) atoms. The van der Waals surface area contributed by atoms with Crippen molar-refractivity contribution < 1.29 is 9.18 Å². The van der Waals surface area contributed by atoms with Crippen molar-refractivity contribution in [2.24, 2.45) is 0 Å². The number of ketones is 1. The maximum atomic E-state index is 13.0. The Labute approximate surface area is 105 Å². The van der Waals surface area contributed by atoms with E-state index in [9.17, 15) is 9.18 Å². The van der Waals surface area contributed by atoms with Crippen molar-refractivity contribution in [3.05, 3.63) is 64.5 Å². The number of hydrogen-bond acceptors (Lipinski definition) is 2. The van der Waals surface area contributed by atoms with Crippen LogP contribution >= 0.6 is 0 Å². The molecule has 2 N–H and O–H groups in total. The molecule has 0 saturated heterocycles. The van der Waals surface area contributed by atoms with E-state index in [0.717, 1.165) is 5.56 Å². The first kappa shape index (κ1) is 12.3. The fourth-order valence-corrected chi connectivity index (χ4v) is 1.85. The van der Waals surface area contributed by atoms with Crippen molar-refractivity contribution in [1.29, 1.82) is 0 Å². The number of halogens is 1. The molecule has 0 spiro atoms. The van der Waals surface area contributed by atoms with E-state index in [1.54, 1.807) is 25.1 Å². The van der Waals surface area contributed by atoms with Gasteiger partial charge in [0.05, 0.1) is 0 Å². The van der Waals surface area contributed by atoms with Crippen LogP contribution in [-0.4, -0.2) is 5.78 Å². The predicted molar refractivity (Wildman–Crippen MR) is 70.2 cm³/mol. The third-order valence-electron chi connectivity index (χ3n) is 2.97. The number of aryl methyl sites for hydroxylation is 2. The smallest absolute Gasteiger partial charge is 0.193 e. The summed E-state index contributed by atoms with van der Waals surface area (Å²) in [6.07, 6.45) is 0. The minimum absolute atomic E-state index is 0.115. The van der Waals surface area contributed by atoms with Crippen LogP contribution in [0.2, 0.25) is 0 Å². The number of rotatable bonds is 2. The fraction of sp³-hybridized carbons (Fsp3) is 0.133. The summed E-state index contributed by atoms with van der Waals surface area (Å²) in [5.41, 5.74) is 8.95. The molecule has 0 radical (unpaired) electrons. The second-order valence-corrected chi connectivity index (χ2v) is 4.36. The van der Waals surface area contributed by atoms with Gasteiger partial charge in [0.2, 0.25) is 0 Å². The number of nitrogen functional groups attached to an aromatic ring is 1. The quantitative estimate of drug-likeness (QED) is 0.650. The van der Waals surface area contributed by atoms with E-state index in [0.29, 0.717) is 22.4 Å². The molecule has 0 amide bonds. The number of carbonyl (C=O) groups is 1. The van der Waals surface area contributed by atoms with Crippen LogP contribution in [0.25, 0.3) is 0 Å². The molecule has 2 aromatic carbocycles. The Morgan fingerprint density at radius 1 is 1.06 bits per heavy atom. The number of hydrogen-bond donors (Lipinski definition) is 1. The van der Waals surface area contributed by atoms with Crippen molar-refractivity contribution in [2.45, 2.75) is 13.8 Å². The lowest BCUT2D eigenvalue weighted by Crippen LogP contribution is -2.05. The molecular weight excluding hydrogens is 229 g/mol. The summed E-state index contributed by atoms with van der Waals surface area (Å²) in [7, 11) is 0. The maximum Gasteiger partial charge on any atom is 0.193 e. The average Bonchev–Trinajstić information content (AvgIpc) is 2.32. The highest BCUT2D eigenvalue weighted by atomic mass is 19.1. The summed E-state index contributed by atoms with van der Waals surface area (Å²) in [4.78, 5) is 12.3. The Hall–Kier alpha value is -2.16. The van der Waals surface area contributed by atoms with E-state index in [2.05, 4.69) is 0 Å². The van der Waals surface area contributed by atoms with Gasteiger partial charge in [0, 0.05) is 16.8 Å². The van der Waals surface area contributed by atoms with Crippen molar-refractivity contribution in [1.82, 2.24) is 0 Å². The first-order chi connectivity index (χ1) is 8.49. The molecule has 92 valence electrons. The predicted octanol–water partition coefficient (Wildman–Crippen LogP) is 3.26. The van der Waals surface area contributed by atoms with Crippen LogP contribution in [0.4, 0.5) is 10.1 Å². The SMILES string of the molecule is Cc1cc(C(=O)c2ccc(F)cc2C)ccc1N. The molecule has 2 aromatic rings. The number of benzene rings is 2. The molecule has 0 atom stereocenters. The minimum atomic E-state index is -0.336. The van der Waals surface area contributed by atoms with Gasteiger partial charge in [-0.15, -0.1) is 0 Å². The van der Waals surface area contributed by atoms with Crippen molar-refractivity contribution >= 4 is 11.5 Å². The third kappa shape index (κ3) is 2.25. The van der Waals surface area contributed by atoms with Crippen LogP contribution in [0.1, 0.15) is 27.0 Å². The van der Waals surface area contributed by atoms with E-state index < -0.39 is 0 Å². The molecule has 0 saturated carbocycles. The van der Waals surface area contributed by atoms with E-state index in [1.165, 1.54) is 18.2 Å². The van der Waals surface area contributed by atoms with E-state index in [1.807, 2.05) is 6.92 Å². The van der Waals surface area contributed by atoms with Crippen LogP contribution in [0, 0.1) is 19.7 Å². The highest BCUT2D eigenvalue weighted by molar-refractivity contribution is 6.10. The highest BCUT2D eigenvalue weighted by Crippen LogP contribution is 2.18. The second kappa shape index (κ2) is 4.61. The van der Waals surface area contributed by atoms with E-state index in [4.69, 9.17) is 5.73 Å². The summed E-state index contributed by atoms with van der Waals surface area (Å²) in [5, 5.41) is 0. The fourth-order valence-electron chi connectivity index (χ4n) is 1.85. The van der Waals surface area contributed by atoms with Gasteiger partial charge in [-0.25, -0.2) is 4.39 Å². The standard InChI is InChI=1S/C15H14FNO/c1-9-8-12(16)4-5-13(9)15(18)11-3-6-14(17)10(2)7-11/h3-8H,17H2,1-2H3. The Morgan fingerprint density at radius 2 is 1.78 bits per heavy atom. The van der Waals surface area contributed by atoms with Gasteiger partial charge in [0.1, 0.15) is 5.82 Å². The van der Waals surface area contributed by atoms with E-state index >= 15 is 0 Å². The Kier molecular flexibility index (Phi) is 3.15. The summed E-state index contributed by atoms with van der Waals surface area (Å²) >= 11 is 0. The molecule has 3 heteroatoms. The first-order valence-electron chi connectivity index (χ1n) is 5.66.